The average Bonchev–Trinajstić information content (AvgIpc) is 2.44. The highest BCUT2D eigenvalue weighted by atomic mass is 19.4. The van der Waals surface area contributed by atoms with Gasteiger partial charge in [0.25, 0.3) is 0 Å². The van der Waals surface area contributed by atoms with E-state index in [-0.39, 0.29) is 11.6 Å². The van der Waals surface area contributed by atoms with E-state index in [4.69, 9.17) is 0 Å². The topological polar surface area (TPSA) is 90.3 Å². The first-order valence-electron chi connectivity index (χ1n) is 6.50. The summed E-state index contributed by atoms with van der Waals surface area (Å²) in [6.07, 6.45) is -4.38. The second-order valence-corrected chi connectivity index (χ2v) is 4.57. The van der Waals surface area contributed by atoms with Crippen molar-refractivity contribution in [2.24, 2.45) is 0 Å². The Morgan fingerprint density at radius 3 is 2.10 bits per heavy atom. The number of rotatable bonds is 7. The Bertz CT molecular complexity index is 456. The molecule has 9 heteroatoms. The van der Waals surface area contributed by atoms with Gasteiger partial charge in [-0.1, -0.05) is 6.92 Å². The summed E-state index contributed by atoms with van der Waals surface area (Å²) in [5, 5.41) is 24.0. The van der Waals surface area contributed by atoms with Gasteiger partial charge in [0.05, 0.1) is 18.8 Å². The Kier molecular flexibility index (Phi) is 5.73. The number of aliphatic hydroxyl groups excluding tert-OH is 2. The monoisotopic (exact) mass is 308 g/mol. The second-order valence-electron chi connectivity index (χ2n) is 4.57. The van der Waals surface area contributed by atoms with E-state index in [1.165, 1.54) is 6.07 Å². The van der Waals surface area contributed by atoms with E-state index in [2.05, 4.69) is 20.6 Å². The normalized spacial score (nSPS) is 12.3. The van der Waals surface area contributed by atoms with Crippen molar-refractivity contribution in [2.45, 2.75) is 32.0 Å². The van der Waals surface area contributed by atoms with Gasteiger partial charge in [-0.25, -0.2) is 9.97 Å². The molecule has 1 heterocycles. The van der Waals surface area contributed by atoms with Crippen LogP contribution in [0.4, 0.5) is 24.8 Å². The molecule has 0 aliphatic heterocycles. The van der Waals surface area contributed by atoms with Crippen molar-refractivity contribution in [3.8, 4) is 0 Å². The Morgan fingerprint density at radius 1 is 1.10 bits per heavy atom. The molecule has 0 fully saturated rings. The molecule has 1 aromatic heterocycles. The number of hydrogen-bond acceptors (Lipinski definition) is 6. The third-order valence-electron chi connectivity index (χ3n) is 3.01. The summed E-state index contributed by atoms with van der Waals surface area (Å²) in [7, 11) is 0. The van der Waals surface area contributed by atoms with Crippen LogP contribution in [-0.4, -0.2) is 45.5 Å². The number of alkyl halides is 3. The maximum Gasteiger partial charge on any atom is 0.451 e. The summed E-state index contributed by atoms with van der Waals surface area (Å²) >= 11 is 0. The van der Waals surface area contributed by atoms with Crippen molar-refractivity contribution < 1.29 is 23.4 Å². The zero-order chi connectivity index (χ0) is 16.1. The molecule has 4 N–H and O–H groups in total. The molecular weight excluding hydrogens is 289 g/mol. The van der Waals surface area contributed by atoms with Crippen LogP contribution in [0.15, 0.2) is 6.07 Å². The van der Waals surface area contributed by atoms with Crippen LogP contribution in [-0.2, 0) is 6.18 Å². The molecular formula is C12H19F3N4O2. The van der Waals surface area contributed by atoms with Crippen LogP contribution in [0.2, 0.25) is 0 Å². The van der Waals surface area contributed by atoms with Gasteiger partial charge >= 0.3 is 6.18 Å². The van der Waals surface area contributed by atoms with Gasteiger partial charge in [-0.2, -0.15) is 13.2 Å². The number of halogens is 3. The van der Waals surface area contributed by atoms with Gasteiger partial charge in [-0.05, 0) is 13.3 Å². The van der Waals surface area contributed by atoms with Gasteiger partial charge in [0.1, 0.15) is 11.6 Å². The predicted octanol–water partition coefficient (Wildman–Crippen LogP) is 1.47. The molecule has 0 atom stereocenters. The van der Waals surface area contributed by atoms with Crippen LogP contribution < -0.4 is 10.6 Å². The van der Waals surface area contributed by atoms with Crippen LogP contribution in [0.25, 0.3) is 0 Å². The summed E-state index contributed by atoms with van der Waals surface area (Å²) in [4.78, 5) is 6.80. The van der Waals surface area contributed by atoms with Gasteiger partial charge in [-0.15, -0.1) is 0 Å². The molecule has 0 bridgehead atoms. The summed E-state index contributed by atoms with van der Waals surface area (Å²) in [6, 6.07) is 1.30. The first-order chi connectivity index (χ1) is 9.80. The Hall–Kier alpha value is -1.61. The molecule has 0 aliphatic carbocycles. The van der Waals surface area contributed by atoms with Crippen molar-refractivity contribution in [1.29, 1.82) is 0 Å². The number of anilines is 2. The van der Waals surface area contributed by atoms with Crippen molar-refractivity contribution in [1.82, 2.24) is 9.97 Å². The highest BCUT2D eigenvalue weighted by Crippen LogP contribution is 2.29. The first kappa shape index (κ1) is 17.4. The fourth-order valence-corrected chi connectivity index (χ4v) is 1.62. The van der Waals surface area contributed by atoms with Crippen molar-refractivity contribution >= 4 is 11.6 Å². The van der Waals surface area contributed by atoms with Crippen molar-refractivity contribution in [2.75, 3.05) is 30.4 Å². The molecule has 0 spiro atoms. The number of aliphatic hydroxyl groups is 2. The van der Waals surface area contributed by atoms with Crippen molar-refractivity contribution in [3.63, 3.8) is 0 Å². The number of nitrogens with zero attached hydrogens (tertiary/aromatic N) is 2. The third kappa shape index (κ3) is 4.43. The summed E-state index contributed by atoms with van der Waals surface area (Å²) in [5.74, 6) is -1.38. The van der Waals surface area contributed by atoms with E-state index in [0.717, 1.165) is 0 Å². The molecule has 0 amide bonds. The molecule has 0 unspecified atom stereocenters. The van der Waals surface area contributed by atoms with Crippen LogP contribution >= 0.6 is 0 Å². The van der Waals surface area contributed by atoms with Crippen LogP contribution in [0.1, 0.15) is 26.1 Å². The fourth-order valence-electron chi connectivity index (χ4n) is 1.62. The predicted molar refractivity (Wildman–Crippen MR) is 72.0 cm³/mol. The molecule has 0 aromatic carbocycles. The van der Waals surface area contributed by atoms with Crippen LogP contribution in [0.5, 0.6) is 0 Å². The van der Waals surface area contributed by atoms with E-state index in [9.17, 15) is 23.4 Å². The van der Waals surface area contributed by atoms with Crippen LogP contribution in [0, 0.1) is 0 Å². The standard InChI is InChI=1S/C12H19F3N4O2/c1-3-11(6-20,7-21)19-9-5-8(16-4-2)17-10(18-9)12(13,14)15/h5,20-21H,3-4,6-7H2,1-2H3,(H2,16,17,18,19). The van der Waals surface area contributed by atoms with E-state index >= 15 is 0 Å². The minimum atomic E-state index is -4.69. The van der Waals surface area contributed by atoms with Gasteiger partial charge in [0.2, 0.25) is 5.82 Å². The number of aromatic nitrogens is 2. The maximum absolute atomic E-state index is 12.8. The zero-order valence-corrected chi connectivity index (χ0v) is 11.8. The molecule has 6 nitrogen and oxygen atoms in total. The summed E-state index contributed by atoms with van der Waals surface area (Å²) in [5.41, 5.74) is -1.14. The third-order valence-corrected chi connectivity index (χ3v) is 3.01. The molecule has 21 heavy (non-hydrogen) atoms. The number of hydrogen-bond donors (Lipinski definition) is 4. The summed E-state index contributed by atoms with van der Waals surface area (Å²) in [6.45, 7) is 2.92. The van der Waals surface area contributed by atoms with Gasteiger partial charge in [0.15, 0.2) is 0 Å². The van der Waals surface area contributed by atoms with Gasteiger partial charge in [0, 0.05) is 12.6 Å². The first-order valence-corrected chi connectivity index (χ1v) is 6.50. The Balaban J connectivity index is 3.19. The smallest absolute Gasteiger partial charge is 0.394 e. The van der Waals surface area contributed by atoms with E-state index in [1.54, 1.807) is 13.8 Å². The Morgan fingerprint density at radius 2 is 1.67 bits per heavy atom. The fraction of sp³-hybridized carbons (Fsp3) is 0.667. The largest absolute Gasteiger partial charge is 0.451 e. The SMILES string of the molecule is CCNc1cc(NC(CC)(CO)CO)nc(C(F)(F)F)n1. The van der Waals surface area contributed by atoms with E-state index in [1.807, 2.05) is 0 Å². The molecule has 0 saturated heterocycles. The lowest BCUT2D eigenvalue weighted by molar-refractivity contribution is -0.144. The van der Waals surface area contributed by atoms with Gasteiger partial charge < -0.3 is 20.8 Å². The highest BCUT2D eigenvalue weighted by Gasteiger charge is 2.36. The second kappa shape index (κ2) is 6.90. The van der Waals surface area contributed by atoms with Crippen LogP contribution in [0.3, 0.4) is 0 Å². The van der Waals surface area contributed by atoms with E-state index in [0.29, 0.717) is 13.0 Å². The lowest BCUT2D eigenvalue weighted by Crippen LogP contribution is -2.45. The summed E-state index contributed by atoms with van der Waals surface area (Å²) < 4.78 is 38.4. The highest BCUT2D eigenvalue weighted by molar-refractivity contribution is 5.49. The van der Waals surface area contributed by atoms with E-state index < -0.39 is 30.8 Å². The van der Waals surface area contributed by atoms with Crippen molar-refractivity contribution in [3.05, 3.63) is 11.9 Å². The quantitative estimate of drug-likeness (QED) is 0.610. The number of nitrogens with one attached hydrogen (secondary N) is 2. The Labute approximate surface area is 120 Å². The minimum Gasteiger partial charge on any atom is -0.394 e. The van der Waals surface area contributed by atoms with Gasteiger partial charge in [-0.3, -0.25) is 0 Å². The lowest BCUT2D eigenvalue weighted by Gasteiger charge is -2.30. The zero-order valence-electron chi connectivity index (χ0n) is 11.8. The molecule has 1 rings (SSSR count). The minimum absolute atomic E-state index is 0.0169. The lowest BCUT2D eigenvalue weighted by atomic mass is 9.98. The maximum atomic E-state index is 12.8. The molecule has 120 valence electrons. The molecule has 0 saturated carbocycles. The molecule has 0 aliphatic rings. The molecule has 0 radical (unpaired) electrons. The average molecular weight is 308 g/mol. The molecule has 1 aromatic rings.